The number of hydrogen-bond donors (Lipinski definition) is 0. The van der Waals surface area contributed by atoms with Crippen molar-refractivity contribution in [2.75, 3.05) is 9.80 Å². The van der Waals surface area contributed by atoms with E-state index in [2.05, 4.69) is 254 Å². The zero-order valence-electron chi connectivity index (χ0n) is 34.9. The molecule has 0 saturated carbocycles. The summed E-state index contributed by atoms with van der Waals surface area (Å²) in [5, 5.41) is 4.69. The van der Waals surface area contributed by atoms with Gasteiger partial charge in [-0.3, -0.25) is 4.98 Å². The van der Waals surface area contributed by atoms with Crippen LogP contribution in [-0.4, -0.2) is 14.1 Å². The van der Waals surface area contributed by atoms with E-state index in [1.54, 1.807) is 0 Å². The molecule has 0 atom stereocenters. The number of benzene rings is 9. The van der Waals surface area contributed by atoms with E-state index in [1.807, 2.05) is 18.5 Å². The van der Waals surface area contributed by atoms with Crippen LogP contribution in [0.5, 0.6) is 0 Å². The number of pyridine rings is 1. The Balaban J connectivity index is 1.21. The van der Waals surface area contributed by atoms with Crippen molar-refractivity contribution in [1.29, 1.82) is 0 Å². The van der Waals surface area contributed by atoms with Crippen molar-refractivity contribution in [3.05, 3.63) is 249 Å². The molecule has 0 bridgehead atoms. The van der Waals surface area contributed by atoms with E-state index in [1.165, 1.54) is 10.8 Å². The van der Waals surface area contributed by atoms with Gasteiger partial charge in [-0.25, -0.2) is 0 Å². The van der Waals surface area contributed by atoms with Crippen molar-refractivity contribution in [1.82, 2.24) is 14.1 Å². The first-order valence-electron chi connectivity index (χ1n) is 21.7. The topological polar surface area (TPSA) is 29.2 Å². The number of nitrogens with zero attached hydrogens (tertiary/aromatic N) is 5. The van der Waals surface area contributed by atoms with Gasteiger partial charge in [0.1, 0.15) is 0 Å². The summed E-state index contributed by atoms with van der Waals surface area (Å²) < 4.78 is 4.96. The molecule has 5 nitrogen and oxygen atoms in total. The summed E-state index contributed by atoms with van der Waals surface area (Å²) in [6.45, 7) is 0. The van der Waals surface area contributed by atoms with Gasteiger partial charge in [-0.2, -0.15) is 0 Å². The van der Waals surface area contributed by atoms with Crippen LogP contribution in [0.1, 0.15) is 0 Å². The predicted molar refractivity (Wildman–Crippen MR) is 268 cm³/mol. The molecule has 0 saturated heterocycles. The molecule has 3 heterocycles. The highest BCUT2D eigenvalue weighted by atomic mass is 15.2. The quantitative estimate of drug-likeness (QED) is 0.145. The second kappa shape index (κ2) is 15.7. The number of rotatable bonds is 9. The van der Waals surface area contributed by atoms with Gasteiger partial charge in [0.15, 0.2) is 0 Å². The average Bonchev–Trinajstić information content (AvgIpc) is 3.88. The molecule has 9 aromatic carbocycles. The van der Waals surface area contributed by atoms with E-state index in [0.717, 1.165) is 89.5 Å². The van der Waals surface area contributed by atoms with E-state index in [9.17, 15) is 0 Å². The molecule has 0 unspecified atom stereocenters. The van der Waals surface area contributed by atoms with E-state index >= 15 is 0 Å². The zero-order chi connectivity index (χ0) is 42.4. The highest BCUT2D eigenvalue weighted by Gasteiger charge is 2.25. The number of para-hydroxylation sites is 4. The van der Waals surface area contributed by atoms with Gasteiger partial charge in [-0.15, -0.1) is 0 Å². The number of fused-ring (bicyclic) bond motifs is 6. The van der Waals surface area contributed by atoms with Crippen LogP contribution in [-0.2, 0) is 0 Å². The molecule has 5 heteroatoms. The number of aromatic nitrogens is 3. The lowest BCUT2D eigenvalue weighted by Crippen LogP contribution is -2.10. The lowest BCUT2D eigenvalue weighted by atomic mass is 10.1. The van der Waals surface area contributed by atoms with Crippen molar-refractivity contribution < 1.29 is 0 Å². The van der Waals surface area contributed by atoms with Gasteiger partial charge in [0.05, 0.1) is 22.1 Å². The summed E-state index contributed by atoms with van der Waals surface area (Å²) in [6, 6.07) is 85.0. The minimum absolute atomic E-state index is 1.07. The third-order valence-corrected chi connectivity index (χ3v) is 12.3. The fourth-order valence-electron chi connectivity index (χ4n) is 9.46. The predicted octanol–water partition coefficient (Wildman–Crippen LogP) is 15.9. The zero-order valence-corrected chi connectivity index (χ0v) is 34.9. The van der Waals surface area contributed by atoms with Crippen LogP contribution >= 0.6 is 0 Å². The Morgan fingerprint density at radius 2 is 0.781 bits per heavy atom. The highest BCUT2D eigenvalue weighted by Crippen LogP contribution is 2.46. The van der Waals surface area contributed by atoms with Crippen LogP contribution in [0, 0.1) is 0 Å². The van der Waals surface area contributed by atoms with Crippen LogP contribution in [0.3, 0.4) is 0 Å². The first kappa shape index (κ1) is 37.1. The van der Waals surface area contributed by atoms with Gasteiger partial charge in [0, 0.05) is 74.2 Å². The van der Waals surface area contributed by atoms with E-state index in [4.69, 9.17) is 0 Å². The van der Waals surface area contributed by atoms with Gasteiger partial charge in [0.2, 0.25) is 0 Å². The summed E-state index contributed by atoms with van der Waals surface area (Å²) >= 11 is 0. The van der Waals surface area contributed by atoms with Crippen LogP contribution in [0.4, 0.5) is 34.1 Å². The maximum atomic E-state index is 4.49. The molecule has 0 fully saturated rings. The van der Waals surface area contributed by atoms with Crippen molar-refractivity contribution in [2.45, 2.75) is 0 Å². The van der Waals surface area contributed by atoms with Crippen molar-refractivity contribution in [3.8, 4) is 22.5 Å². The number of hydrogen-bond acceptors (Lipinski definition) is 3. The summed E-state index contributed by atoms with van der Waals surface area (Å²) in [6.07, 6.45) is 3.77. The molecule has 302 valence electrons. The Morgan fingerprint density at radius 1 is 0.312 bits per heavy atom. The molecule has 12 aromatic rings. The standard InChI is InChI=1S/C59H41N5/c1-5-21-46(22-6-1)61(47-23-7-2-8-24-47)52-32-34-56-54(39-52)59-58(63(56)50-29-15-19-44(38-50)45-20-16-36-60-41-45)55-40-53(62(48-25-9-3-10-26-48)49-27-11-4-12-28-49)33-35-57(55)64(59)51-31-30-42-17-13-14-18-43(42)37-51/h1-41H. The maximum absolute atomic E-state index is 4.49. The molecular weight excluding hydrogens is 779 g/mol. The molecule has 0 aliphatic rings. The molecule has 0 radical (unpaired) electrons. The molecule has 0 spiro atoms. The van der Waals surface area contributed by atoms with E-state index < -0.39 is 0 Å². The van der Waals surface area contributed by atoms with Gasteiger partial charge < -0.3 is 18.9 Å². The lowest BCUT2D eigenvalue weighted by Gasteiger charge is -2.26. The average molecular weight is 820 g/mol. The van der Waals surface area contributed by atoms with Crippen molar-refractivity contribution in [2.24, 2.45) is 0 Å². The SMILES string of the molecule is c1ccc(N(c2ccccc2)c2ccc3c(c2)c2c(c4cc(N(c5ccccc5)c5ccccc5)ccc4n2-c2cccc(-c4cccnc4)c2)n3-c2ccc3ccccc3c2)cc1. The monoisotopic (exact) mass is 819 g/mol. The Kier molecular flexibility index (Phi) is 9.08. The molecule has 64 heavy (non-hydrogen) atoms. The minimum atomic E-state index is 1.07. The number of anilines is 6. The molecule has 3 aromatic heterocycles. The van der Waals surface area contributed by atoms with Crippen LogP contribution in [0.2, 0.25) is 0 Å². The fourth-order valence-corrected chi connectivity index (χ4v) is 9.46. The van der Waals surface area contributed by atoms with Gasteiger partial charge >= 0.3 is 0 Å². The molecule has 0 aliphatic heterocycles. The Hall–Kier alpha value is -8.67. The summed E-state index contributed by atoms with van der Waals surface area (Å²) in [5.74, 6) is 0. The third-order valence-electron chi connectivity index (χ3n) is 12.3. The minimum Gasteiger partial charge on any atom is -0.310 e. The van der Waals surface area contributed by atoms with Crippen LogP contribution in [0.15, 0.2) is 249 Å². The largest absolute Gasteiger partial charge is 0.310 e. The molecule has 0 N–H and O–H groups in total. The van der Waals surface area contributed by atoms with Gasteiger partial charge in [0.25, 0.3) is 0 Å². The normalized spacial score (nSPS) is 11.4. The molecule has 12 rings (SSSR count). The van der Waals surface area contributed by atoms with E-state index in [0.29, 0.717) is 0 Å². The summed E-state index contributed by atoms with van der Waals surface area (Å²) in [5.41, 5.74) is 15.4. The van der Waals surface area contributed by atoms with Crippen LogP contribution in [0.25, 0.3) is 66.1 Å². The Morgan fingerprint density at radius 3 is 1.28 bits per heavy atom. The molecular formula is C59H41N5. The lowest BCUT2D eigenvalue weighted by molar-refractivity contribution is 1.18. The van der Waals surface area contributed by atoms with Gasteiger partial charge in [-0.05, 0) is 132 Å². The Labute approximate surface area is 371 Å². The Bertz CT molecular complexity index is 3430. The van der Waals surface area contributed by atoms with Crippen LogP contribution < -0.4 is 9.80 Å². The summed E-state index contributed by atoms with van der Waals surface area (Å²) in [7, 11) is 0. The van der Waals surface area contributed by atoms with E-state index in [-0.39, 0.29) is 0 Å². The van der Waals surface area contributed by atoms with Crippen molar-refractivity contribution in [3.63, 3.8) is 0 Å². The third kappa shape index (κ3) is 6.38. The summed E-state index contributed by atoms with van der Waals surface area (Å²) in [4.78, 5) is 9.19. The van der Waals surface area contributed by atoms with Gasteiger partial charge in [-0.1, -0.05) is 121 Å². The maximum Gasteiger partial charge on any atom is 0.0804 e. The molecule has 0 aliphatic carbocycles. The van der Waals surface area contributed by atoms with Crippen molar-refractivity contribution >= 4 is 77.7 Å². The fraction of sp³-hybridized carbons (Fsp3) is 0. The smallest absolute Gasteiger partial charge is 0.0804 e. The first-order valence-corrected chi connectivity index (χ1v) is 21.7. The second-order valence-corrected chi connectivity index (χ2v) is 16.1. The second-order valence-electron chi connectivity index (χ2n) is 16.1. The highest BCUT2D eigenvalue weighted by molar-refractivity contribution is 6.21. The first-order chi connectivity index (χ1) is 31.8. The molecule has 0 amide bonds.